The van der Waals surface area contributed by atoms with E-state index < -0.39 is 0 Å². The van der Waals surface area contributed by atoms with Crippen LogP contribution in [0, 0.1) is 0 Å². The smallest absolute Gasteiger partial charge is 0.319 e. The van der Waals surface area contributed by atoms with E-state index in [4.69, 9.17) is 9.47 Å². The summed E-state index contributed by atoms with van der Waals surface area (Å²) < 4.78 is 10.5. The van der Waals surface area contributed by atoms with Gasteiger partial charge in [0.25, 0.3) is 0 Å². The Kier molecular flexibility index (Phi) is 4.37. The number of hydrogen-bond donors (Lipinski definition) is 2. The lowest BCUT2D eigenvalue weighted by atomic mass is 10.1. The SMILES string of the molecule is COc1ccc(OC)c(NC(=O)NC2CCc3ccccc32)c1. The maximum Gasteiger partial charge on any atom is 0.319 e. The van der Waals surface area contributed by atoms with Crippen LogP contribution < -0.4 is 20.1 Å². The predicted octanol–water partition coefficient (Wildman–Crippen LogP) is 3.51. The summed E-state index contributed by atoms with van der Waals surface area (Å²) in [5, 5.41) is 5.86. The summed E-state index contributed by atoms with van der Waals surface area (Å²) in [5.74, 6) is 1.25. The second kappa shape index (κ2) is 6.60. The van der Waals surface area contributed by atoms with E-state index in [1.54, 1.807) is 32.4 Å². The molecule has 3 rings (SSSR count). The van der Waals surface area contributed by atoms with Crippen molar-refractivity contribution < 1.29 is 14.3 Å². The number of hydrogen-bond acceptors (Lipinski definition) is 3. The predicted molar refractivity (Wildman–Crippen MR) is 89.2 cm³/mol. The highest BCUT2D eigenvalue weighted by Crippen LogP contribution is 2.32. The summed E-state index contributed by atoms with van der Waals surface area (Å²) in [6, 6.07) is 13.3. The second-order valence-electron chi connectivity index (χ2n) is 5.45. The molecule has 1 atom stereocenters. The minimum absolute atomic E-state index is 0.0443. The number of fused-ring (bicyclic) bond motifs is 1. The fraction of sp³-hybridized carbons (Fsp3) is 0.278. The summed E-state index contributed by atoms with van der Waals surface area (Å²) in [6.45, 7) is 0. The Balaban J connectivity index is 1.71. The first-order chi connectivity index (χ1) is 11.2. The van der Waals surface area contributed by atoms with Crippen molar-refractivity contribution in [2.45, 2.75) is 18.9 Å². The molecule has 5 heteroatoms. The molecule has 5 nitrogen and oxygen atoms in total. The van der Waals surface area contributed by atoms with Crippen LogP contribution in [0.5, 0.6) is 11.5 Å². The molecule has 0 saturated carbocycles. The van der Waals surface area contributed by atoms with Crippen LogP contribution in [0.15, 0.2) is 42.5 Å². The van der Waals surface area contributed by atoms with E-state index in [2.05, 4.69) is 22.8 Å². The lowest BCUT2D eigenvalue weighted by Crippen LogP contribution is -2.31. The first-order valence-electron chi connectivity index (χ1n) is 7.58. The van der Waals surface area contributed by atoms with Crippen LogP contribution in [0.4, 0.5) is 10.5 Å². The summed E-state index contributed by atoms with van der Waals surface area (Å²) in [5.41, 5.74) is 3.08. The molecule has 0 aromatic heterocycles. The summed E-state index contributed by atoms with van der Waals surface area (Å²) in [6.07, 6.45) is 1.91. The van der Waals surface area contributed by atoms with Crippen LogP contribution in [-0.2, 0) is 6.42 Å². The lowest BCUT2D eigenvalue weighted by molar-refractivity contribution is 0.248. The minimum Gasteiger partial charge on any atom is -0.497 e. The molecule has 2 aromatic carbocycles. The van der Waals surface area contributed by atoms with Crippen LogP contribution in [0.2, 0.25) is 0 Å². The number of ether oxygens (including phenoxy) is 2. The normalized spacial score (nSPS) is 15.7. The average Bonchev–Trinajstić information content (AvgIpc) is 2.98. The highest BCUT2D eigenvalue weighted by Gasteiger charge is 2.23. The Bertz CT molecular complexity index is 715. The van der Waals surface area contributed by atoms with Crippen LogP contribution in [0.25, 0.3) is 0 Å². The summed E-state index contributed by atoms with van der Waals surface area (Å²) in [4.78, 5) is 12.3. The monoisotopic (exact) mass is 312 g/mol. The van der Waals surface area contributed by atoms with Gasteiger partial charge >= 0.3 is 6.03 Å². The third kappa shape index (κ3) is 3.23. The maximum absolute atomic E-state index is 12.3. The minimum atomic E-state index is -0.252. The first-order valence-corrected chi connectivity index (χ1v) is 7.58. The largest absolute Gasteiger partial charge is 0.497 e. The number of carbonyl (C=O) groups excluding carboxylic acids is 1. The number of carbonyl (C=O) groups is 1. The molecule has 0 saturated heterocycles. The molecule has 2 aromatic rings. The van der Waals surface area contributed by atoms with E-state index >= 15 is 0 Å². The number of benzene rings is 2. The summed E-state index contributed by atoms with van der Waals surface area (Å²) in [7, 11) is 3.15. The molecule has 0 heterocycles. The highest BCUT2D eigenvalue weighted by molar-refractivity contribution is 5.91. The van der Waals surface area contributed by atoms with Gasteiger partial charge in [-0.3, -0.25) is 0 Å². The molecule has 1 unspecified atom stereocenters. The van der Waals surface area contributed by atoms with Crippen molar-refractivity contribution in [2.75, 3.05) is 19.5 Å². The van der Waals surface area contributed by atoms with E-state index in [0.29, 0.717) is 17.2 Å². The van der Waals surface area contributed by atoms with Crippen LogP contribution in [0.1, 0.15) is 23.6 Å². The Hall–Kier alpha value is -2.69. The van der Waals surface area contributed by atoms with E-state index in [0.717, 1.165) is 12.8 Å². The number of methoxy groups -OCH3 is 2. The number of rotatable bonds is 4. The van der Waals surface area contributed by atoms with Crippen molar-refractivity contribution in [3.63, 3.8) is 0 Å². The van der Waals surface area contributed by atoms with Gasteiger partial charge in [-0.15, -0.1) is 0 Å². The standard InChI is InChI=1S/C18H20N2O3/c1-22-13-8-10-17(23-2)16(11-13)20-18(21)19-15-9-7-12-5-3-4-6-14(12)15/h3-6,8,10-11,15H,7,9H2,1-2H3,(H2,19,20,21). The molecule has 0 bridgehead atoms. The average molecular weight is 312 g/mol. The van der Waals surface area contributed by atoms with Crippen molar-refractivity contribution in [2.24, 2.45) is 0 Å². The van der Waals surface area contributed by atoms with Gasteiger partial charge in [0.05, 0.1) is 25.9 Å². The number of aryl methyl sites for hydroxylation is 1. The zero-order chi connectivity index (χ0) is 16.2. The molecular formula is C18H20N2O3. The second-order valence-corrected chi connectivity index (χ2v) is 5.45. The Morgan fingerprint density at radius 2 is 1.96 bits per heavy atom. The van der Waals surface area contributed by atoms with Crippen molar-refractivity contribution >= 4 is 11.7 Å². The Morgan fingerprint density at radius 1 is 1.13 bits per heavy atom. The summed E-state index contributed by atoms with van der Waals surface area (Å²) >= 11 is 0. The number of anilines is 1. The van der Waals surface area contributed by atoms with Crippen LogP contribution in [-0.4, -0.2) is 20.3 Å². The van der Waals surface area contributed by atoms with Crippen LogP contribution >= 0.6 is 0 Å². The number of amides is 2. The van der Waals surface area contributed by atoms with Crippen molar-refractivity contribution in [1.29, 1.82) is 0 Å². The van der Waals surface area contributed by atoms with Gasteiger partial charge in [-0.2, -0.15) is 0 Å². The molecule has 0 fully saturated rings. The topological polar surface area (TPSA) is 59.6 Å². The first kappa shape index (κ1) is 15.2. The molecule has 0 spiro atoms. The van der Waals surface area contributed by atoms with E-state index in [1.807, 2.05) is 12.1 Å². The third-order valence-electron chi connectivity index (χ3n) is 4.09. The fourth-order valence-corrected chi connectivity index (χ4v) is 2.94. The molecule has 2 amide bonds. The molecule has 23 heavy (non-hydrogen) atoms. The molecule has 2 N–H and O–H groups in total. The number of urea groups is 1. The highest BCUT2D eigenvalue weighted by atomic mass is 16.5. The zero-order valence-electron chi connectivity index (χ0n) is 13.3. The molecule has 0 aliphatic heterocycles. The molecule has 0 radical (unpaired) electrons. The number of nitrogens with one attached hydrogen (secondary N) is 2. The van der Waals surface area contributed by atoms with Gasteiger partial charge in [-0.25, -0.2) is 4.79 Å². The van der Waals surface area contributed by atoms with Crippen molar-refractivity contribution in [3.05, 3.63) is 53.6 Å². The van der Waals surface area contributed by atoms with Crippen LogP contribution in [0.3, 0.4) is 0 Å². The molecule has 120 valence electrons. The Morgan fingerprint density at radius 3 is 2.74 bits per heavy atom. The van der Waals surface area contributed by atoms with Gasteiger partial charge in [-0.1, -0.05) is 24.3 Å². The van der Waals surface area contributed by atoms with E-state index in [9.17, 15) is 4.79 Å². The van der Waals surface area contributed by atoms with Gasteiger partial charge in [0.1, 0.15) is 11.5 Å². The van der Waals surface area contributed by atoms with Crippen molar-refractivity contribution in [3.8, 4) is 11.5 Å². The maximum atomic E-state index is 12.3. The zero-order valence-corrected chi connectivity index (χ0v) is 13.3. The van der Waals surface area contributed by atoms with Gasteiger partial charge in [0, 0.05) is 6.07 Å². The lowest BCUT2D eigenvalue weighted by Gasteiger charge is -2.16. The van der Waals surface area contributed by atoms with Crippen molar-refractivity contribution in [1.82, 2.24) is 5.32 Å². The van der Waals surface area contributed by atoms with Gasteiger partial charge in [0.15, 0.2) is 0 Å². The van der Waals surface area contributed by atoms with Gasteiger partial charge < -0.3 is 20.1 Å². The molecular weight excluding hydrogens is 292 g/mol. The van der Waals surface area contributed by atoms with E-state index in [-0.39, 0.29) is 12.1 Å². The third-order valence-corrected chi connectivity index (χ3v) is 4.09. The molecule has 1 aliphatic rings. The Labute approximate surface area is 135 Å². The van der Waals surface area contributed by atoms with Gasteiger partial charge in [0.2, 0.25) is 0 Å². The molecule has 1 aliphatic carbocycles. The quantitative estimate of drug-likeness (QED) is 0.908. The fourth-order valence-electron chi connectivity index (χ4n) is 2.94. The van der Waals surface area contributed by atoms with E-state index in [1.165, 1.54) is 11.1 Å². The van der Waals surface area contributed by atoms with Gasteiger partial charge in [-0.05, 0) is 36.1 Å².